The van der Waals surface area contributed by atoms with Gasteiger partial charge in [-0.1, -0.05) is 6.07 Å². The molecule has 2 aromatic rings. The second kappa shape index (κ2) is 12.6. The van der Waals surface area contributed by atoms with E-state index in [9.17, 15) is 9.18 Å². The number of anilines is 1. The molecule has 0 radical (unpaired) electrons. The molecule has 0 spiro atoms. The summed E-state index contributed by atoms with van der Waals surface area (Å²) < 4.78 is 31.7. The summed E-state index contributed by atoms with van der Waals surface area (Å²) in [7, 11) is 0. The summed E-state index contributed by atoms with van der Waals surface area (Å²) in [6.45, 7) is 9.38. The highest BCUT2D eigenvalue weighted by molar-refractivity contribution is 5.83. The number of halogens is 1. The molecular formula is C28H38FN3O4. The van der Waals surface area contributed by atoms with Crippen molar-refractivity contribution in [3.05, 3.63) is 53.0 Å². The maximum Gasteiger partial charge on any atom is 0.169 e. The molecule has 0 saturated carbocycles. The number of aryl methyl sites for hydroxylation is 1. The lowest BCUT2D eigenvalue weighted by Gasteiger charge is -2.28. The molecule has 3 heterocycles. The van der Waals surface area contributed by atoms with Gasteiger partial charge in [-0.15, -0.1) is 0 Å². The number of hydrogen-bond acceptors (Lipinski definition) is 7. The maximum absolute atomic E-state index is 14.2. The largest absolute Gasteiger partial charge is 0.488 e. The zero-order chi connectivity index (χ0) is 25.5. The van der Waals surface area contributed by atoms with Crippen LogP contribution in [0.4, 0.5) is 10.2 Å². The van der Waals surface area contributed by atoms with Gasteiger partial charge in [-0.25, -0.2) is 9.37 Å². The number of unbranched alkanes of at least 4 members (excludes halogenated alkanes) is 1. The summed E-state index contributed by atoms with van der Waals surface area (Å²) >= 11 is 0. The number of fused-ring (bicyclic) bond motifs is 1. The molecule has 8 heteroatoms. The van der Waals surface area contributed by atoms with Gasteiger partial charge in [0, 0.05) is 25.4 Å². The van der Waals surface area contributed by atoms with E-state index in [1.54, 1.807) is 13.0 Å². The van der Waals surface area contributed by atoms with Crippen LogP contribution >= 0.6 is 0 Å². The summed E-state index contributed by atoms with van der Waals surface area (Å²) in [4.78, 5) is 19.5. The summed E-state index contributed by atoms with van der Waals surface area (Å²) in [5.41, 5.74) is 2.60. The molecule has 1 fully saturated rings. The molecule has 0 aliphatic carbocycles. The lowest BCUT2D eigenvalue weighted by Crippen LogP contribution is -2.33. The molecule has 4 rings (SSSR count). The van der Waals surface area contributed by atoms with Crippen LogP contribution in [0.5, 0.6) is 5.75 Å². The Bertz CT molecular complexity index is 1030. The molecule has 0 amide bonds. The Hall–Kier alpha value is -2.55. The van der Waals surface area contributed by atoms with Crippen molar-refractivity contribution in [3.63, 3.8) is 0 Å². The van der Waals surface area contributed by atoms with Gasteiger partial charge in [0.2, 0.25) is 0 Å². The van der Waals surface area contributed by atoms with E-state index in [0.29, 0.717) is 31.9 Å². The number of nitrogens with zero attached hydrogens (tertiary/aromatic N) is 2. The first-order valence-electron chi connectivity index (χ1n) is 13.0. The Morgan fingerprint density at radius 2 is 2.14 bits per heavy atom. The molecule has 1 saturated heterocycles. The smallest absolute Gasteiger partial charge is 0.169 e. The Balaban J connectivity index is 1.27. The molecule has 196 valence electrons. The van der Waals surface area contributed by atoms with Crippen LogP contribution in [-0.4, -0.2) is 60.7 Å². The van der Waals surface area contributed by atoms with Crippen LogP contribution in [0.2, 0.25) is 0 Å². The van der Waals surface area contributed by atoms with Crippen LogP contribution in [0, 0.1) is 5.82 Å². The molecule has 2 aliphatic heterocycles. The maximum atomic E-state index is 14.2. The van der Waals surface area contributed by atoms with Gasteiger partial charge in [0.05, 0.1) is 31.4 Å². The fourth-order valence-corrected chi connectivity index (χ4v) is 4.86. The van der Waals surface area contributed by atoms with Gasteiger partial charge in [0.25, 0.3) is 0 Å². The van der Waals surface area contributed by atoms with Gasteiger partial charge >= 0.3 is 0 Å². The minimum atomic E-state index is -0.493. The Kier molecular flexibility index (Phi) is 9.29. The minimum absolute atomic E-state index is 0.00415. The van der Waals surface area contributed by atoms with Crippen molar-refractivity contribution in [2.75, 3.05) is 38.2 Å². The first-order valence-corrected chi connectivity index (χ1v) is 13.0. The predicted molar refractivity (Wildman–Crippen MR) is 137 cm³/mol. The number of benzene rings is 1. The normalized spacial score (nSPS) is 18.5. The number of carbonyl (C=O) groups is 1. The summed E-state index contributed by atoms with van der Waals surface area (Å²) in [5, 5.41) is 3.28. The fourth-order valence-electron chi connectivity index (χ4n) is 4.86. The fraction of sp³-hybridized carbons (Fsp3) is 0.571. The number of hydrogen-bond donors (Lipinski definition) is 1. The highest BCUT2D eigenvalue weighted by atomic mass is 19.1. The zero-order valence-corrected chi connectivity index (χ0v) is 21.6. The van der Waals surface area contributed by atoms with Gasteiger partial charge in [-0.2, -0.15) is 0 Å². The molecule has 0 unspecified atom stereocenters. The average Bonchev–Trinajstić information content (AvgIpc) is 3.31. The monoisotopic (exact) mass is 499 g/mol. The topological polar surface area (TPSA) is 72.9 Å². The van der Waals surface area contributed by atoms with E-state index in [1.165, 1.54) is 12.1 Å². The Morgan fingerprint density at radius 1 is 1.28 bits per heavy atom. The van der Waals surface area contributed by atoms with Crippen molar-refractivity contribution in [1.29, 1.82) is 0 Å². The van der Waals surface area contributed by atoms with Gasteiger partial charge in [-0.05, 0) is 81.8 Å². The number of Topliss-reactive ketones (excluding diaryl/α,β-unsaturated/α-hetero) is 1. The number of ether oxygens (including phenoxy) is 3. The van der Waals surface area contributed by atoms with E-state index in [0.717, 1.165) is 61.6 Å². The number of rotatable bonds is 12. The number of pyridine rings is 1. The number of ketones is 1. The van der Waals surface area contributed by atoms with Crippen molar-refractivity contribution < 1.29 is 23.4 Å². The second-order valence-corrected chi connectivity index (χ2v) is 9.87. The third-order valence-electron chi connectivity index (χ3n) is 6.65. The molecule has 1 N–H and O–H groups in total. The zero-order valence-electron chi connectivity index (χ0n) is 21.6. The van der Waals surface area contributed by atoms with E-state index in [1.807, 2.05) is 26.0 Å². The second-order valence-electron chi connectivity index (χ2n) is 9.87. The van der Waals surface area contributed by atoms with Crippen LogP contribution in [0.15, 0.2) is 30.3 Å². The van der Waals surface area contributed by atoms with Crippen LogP contribution in [0.1, 0.15) is 62.9 Å². The van der Waals surface area contributed by atoms with Crippen molar-refractivity contribution in [3.8, 4) is 5.75 Å². The van der Waals surface area contributed by atoms with E-state index >= 15 is 0 Å². The molecule has 1 aromatic heterocycles. The molecule has 7 nitrogen and oxygen atoms in total. The van der Waals surface area contributed by atoms with Crippen LogP contribution < -0.4 is 10.1 Å². The molecule has 0 bridgehead atoms. The van der Waals surface area contributed by atoms with Crippen LogP contribution in [-0.2, 0) is 27.3 Å². The Morgan fingerprint density at radius 3 is 2.94 bits per heavy atom. The SMILES string of the molecule is CC(=O)[C@H](c1cc(F)ccc1COC(C)C)N1CC[C@@H](OCCCCc2ccc3c(n2)NCCO3)C1. The molecule has 1 aromatic carbocycles. The summed E-state index contributed by atoms with van der Waals surface area (Å²) in [6.07, 6.45) is 3.80. The highest BCUT2D eigenvalue weighted by Gasteiger charge is 2.33. The summed E-state index contributed by atoms with van der Waals surface area (Å²) in [6, 6.07) is 8.16. The van der Waals surface area contributed by atoms with E-state index in [2.05, 4.69) is 15.2 Å². The van der Waals surface area contributed by atoms with E-state index in [4.69, 9.17) is 14.2 Å². The van der Waals surface area contributed by atoms with Crippen molar-refractivity contribution in [2.45, 2.75) is 71.3 Å². The summed E-state index contributed by atoms with van der Waals surface area (Å²) in [5.74, 6) is 1.32. The molecular weight excluding hydrogens is 461 g/mol. The number of carbonyl (C=O) groups excluding carboxylic acids is 1. The first-order chi connectivity index (χ1) is 17.4. The van der Waals surface area contributed by atoms with E-state index in [-0.39, 0.29) is 23.8 Å². The first kappa shape index (κ1) is 26.5. The highest BCUT2D eigenvalue weighted by Crippen LogP contribution is 2.31. The number of nitrogens with one attached hydrogen (secondary N) is 1. The average molecular weight is 500 g/mol. The third-order valence-corrected chi connectivity index (χ3v) is 6.65. The van der Waals surface area contributed by atoms with Gasteiger partial charge in [0.1, 0.15) is 12.4 Å². The van der Waals surface area contributed by atoms with Crippen LogP contribution in [0.3, 0.4) is 0 Å². The Labute approximate surface area is 213 Å². The van der Waals surface area contributed by atoms with Gasteiger partial charge < -0.3 is 19.5 Å². The van der Waals surface area contributed by atoms with Gasteiger partial charge in [-0.3, -0.25) is 9.69 Å². The van der Waals surface area contributed by atoms with E-state index < -0.39 is 6.04 Å². The standard InChI is InChI=1S/C28H38FN3O4/c1-19(2)36-18-21-7-8-22(29)16-25(21)27(20(3)33)32-13-11-24(17-32)34-14-5-4-6-23-9-10-26-28(31-23)30-12-15-35-26/h7-10,16,19,24,27H,4-6,11-15,17-18H2,1-3H3,(H,30,31)/t24-,27-/m1/s1. The predicted octanol–water partition coefficient (Wildman–Crippen LogP) is 4.69. The van der Waals surface area contributed by atoms with Crippen LogP contribution in [0.25, 0.3) is 0 Å². The third kappa shape index (κ3) is 7.02. The van der Waals surface area contributed by atoms with Crippen molar-refractivity contribution >= 4 is 11.6 Å². The molecule has 2 aliphatic rings. The lowest BCUT2D eigenvalue weighted by atomic mass is 9.96. The minimum Gasteiger partial charge on any atom is -0.488 e. The van der Waals surface area contributed by atoms with Gasteiger partial charge in [0.15, 0.2) is 17.4 Å². The molecule has 2 atom stereocenters. The lowest BCUT2D eigenvalue weighted by molar-refractivity contribution is -0.122. The quantitative estimate of drug-likeness (QED) is 0.425. The molecule has 36 heavy (non-hydrogen) atoms. The van der Waals surface area contributed by atoms with Crippen molar-refractivity contribution in [2.24, 2.45) is 0 Å². The van der Waals surface area contributed by atoms with Crippen molar-refractivity contribution in [1.82, 2.24) is 9.88 Å². The number of aromatic nitrogens is 1. The number of likely N-dealkylation sites (tertiary alicyclic amines) is 1.